The molecule has 0 radical (unpaired) electrons. The van der Waals surface area contributed by atoms with E-state index in [-0.39, 0.29) is 5.41 Å². The van der Waals surface area contributed by atoms with E-state index in [0.29, 0.717) is 0 Å². The van der Waals surface area contributed by atoms with Crippen LogP contribution in [-0.2, 0) is 5.41 Å². The fourth-order valence-corrected chi connectivity index (χ4v) is 3.32. The van der Waals surface area contributed by atoms with Gasteiger partial charge >= 0.3 is 0 Å². The van der Waals surface area contributed by atoms with E-state index in [9.17, 15) is 0 Å². The molecule has 1 saturated heterocycles. The molecule has 4 heteroatoms. The zero-order chi connectivity index (χ0) is 17.6. The summed E-state index contributed by atoms with van der Waals surface area (Å²) in [7, 11) is 5.63. The molecule has 0 aromatic heterocycles. The average molecular weight is 335 g/mol. The van der Waals surface area contributed by atoms with Gasteiger partial charge < -0.3 is 19.3 Å². The minimum atomic E-state index is 0.129. The first kappa shape index (κ1) is 19.1. The number of benzene rings is 1. The quantitative estimate of drug-likeness (QED) is 0.680. The number of nitrogens with zero attached hydrogens (tertiary/aromatic N) is 2. The molecule has 0 N–H and O–H groups in total. The molecule has 0 atom stereocenters. The number of methoxy groups -OCH3 is 2. The summed E-state index contributed by atoms with van der Waals surface area (Å²) in [5.41, 5.74) is 1.42. The Morgan fingerprint density at radius 1 is 0.917 bits per heavy atom. The molecule has 1 aromatic rings. The summed E-state index contributed by atoms with van der Waals surface area (Å²) in [5, 5.41) is 0. The van der Waals surface area contributed by atoms with Crippen molar-refractivity contribution in [3.63, 3.8) is 0 Å². The van der Waals surface area contributed by atoms with Crippen LogP contribution in [0.1, 0.15) is 38.7 Å². The van der Waals surface area contributed by atoms with Crippen molar-refractivity contribution in [2.75, 3.05) is 54.0 Å². The summed E-state index contributed by atoms with van der Waals surface area (Å²) in [5.74, 6) is 1.74. The number of unbranched alkanes of at least 4 members (excludes halogenated alkanes) is 1. The van der Waals surface area contributed by atoms with Crippen molar-refractivity contribution in [1.29, 1.82) is 0 Å². The van der Waals surface area contributed by atoms with Crippen molar-refractivity contribution in [2.24, 2.45) is 0 Å². The van der Waals surface area contributed by atoms with E-state index in [1.165, 1.54) is 57.5 Å². The smallest absolute Gasteiger partial charge is 0.122 e. The molecule has 136 valence electrons. The van der Waals surface area contributed by atoms with Gasteiger partial charge in [-0.2, -0.15) is 0 Å². The van der Waals surface area contributed by atoms with Gasteiger partial charge in [0.2, 0.25) is 0 Å². The Labute approximate surface area is 147 Å². The van der Waals surface area contributed by atoms with Crippen LogP contribution in [-0.4, -0.2) is 63.8 Å². The summed E-state index contributed by atoms with van der Waals surface area (Å²) in [6.07, 6.45) is 3.70. The van der Waals surface area contributed by atoms with Gasteiger partial charge in [0, 0.05) is 32.2 Å². The molecule has 0 aliphatic carbocycles. The Morgan fingerprint density at radius 3 is 2.04 bits per heavy atom. The standard InChI is InChI=1S/C20H34N2O2/c1-20(2,17-14-18(23-4)16-19(15-17)24-5)8-6-7-9-22-12-10-21(3)11-13-22/h14-16H,6-13H2,1-5H3. The molecule has 1 aliphatic rings. The predicted octanol–water partition coefficient (Wildman–Crippen LogP) is 3.40. The zero-order valence-electron chi connectivity index (χ0n) is 16.1. The lowest BCUT2D eigenvalue weighted by molar-refractivity contribution is 0.151. The van der Waals surface area contributed by atoms with Gasteiger partial charge in [-0.15, -0.1) is 0 Å². The van der Waals surface area contributed by atoms with Crippen molar-refractivity contribution in [3.8, 4) is 11.5 Å². The predicted molar refractivity (Wildman–Crippen MR) is 100 cm³/mol. The van der Waals surface area contributed by atoms with Gasteiger partial charge in [0.25, 0.3) is 0 Å². The Hall–Kier alpha value is -1.26. The molecule has 0 amide bonds. The number of rotatable bonds is 8. The third kappa shape index (κ3) is 5.38. The highest BCUT2D eigenvalue weighted by Crippen LogP contribution is 2.34. The largest absolute Gasteiger partial charge is 0.497 e. The topological polar surface area (TPSA) is 24.9 Å². The van der Waals surface area contributed by atoms with E-state index in [2.05, 4.69) is 42.8 Å². The van der Waals surface area contributed by atoms with Crippen LogP contribution in [0.15, 0.2) is 18.2 Å². The lowest BCUT2D eigenvalue weighted by Gasteiger charge is -2.32. The zero-order valence-corrected chi connectivity index (χ0v) is 16.1. The molecule has 1 heterocycles. The Morgan fingerprint density at radius 2 is 1.50 bits per heavy atom. The molecule has 24 heavy (non-hydrogen) atoms. The molecular formula is C20H34N2O2. The fraction of sp³-hybridized carbons (Fsp3) is 0.700. The summed E-state index contributed by atoms with van der Waals surface area (Å²) < 4.78 is 10.8. The summed E-state index contributed by atoms with van der Waals surface area (Å²) in [4.78, 5) is 5.01. The molecule has 1 fully saturated rings. The molecule has 1 aliphatic heterocycles. The maximum Gasteiger partial charge on any atom is 0.122 e. The second-order valence-corrected chi connectivity index (χ2v) is 7.59. The number of hydrogen-bond donors (Lipinski definition) is 0. The van der Waals surface area contributed by atoms with Crippen molar-refractivity contribution in [3.05, 3.63) is 23.8 Å². The third-order valence-corrected chi connectivity index (χ3v) is 5.25. The van der Waals surface area contributed by atoms with Crippen LogP contribution in [0.2, 0.25) is 0 Å². The van der Waals surface area contributed by atoms with Crippen LogP contribution >= 0.6 is 0 Å². The minimum absolute atomic E-state index is 0.129. The summed E-state index contributed by atoms with van der Waals surface area (Å²) in [6.45, 7) is 10.7. The molecule has 0 spiro atoms. The third-order valence-electron chi connectivity index (χ3n) is 5.25. The van der Waals surface area contributed by atoms with Crippen molar-refractivity contribution in [2.45, 2.75) is 38.5 Å². The second-order valence-electron chi connectivity index (χ2n) is 7.59. The average Bonchev–Trinajstić information content (AvgIpc) is 2.59. The maximum atomic E-state index is 5.42. The van der Waals surface area contributed by atoms with Crippen molar-refractivity contribution in [1.82, 2.24) is 9.80 Å². The summed E-state index contributed by atoms with van der Waals surface area (Å²) >= 11 is 0. The van der Waals surface area contributed by atoms with Crippen LogP contribution in [0.5, 0.6) is 11.5 Å². The second kappa shape index (κ2) is 8.72. The number of likely N-dealkylation sites (N-methyl/N-ethyl adjacent to an activating group) is 1. The van der Waals surface area contributed by atoms with E-state index in [0.717, 1.165) is 11.5 Å². The normalized spacial score (nSPS) is 17.0. The Kier molecular flexibility index (Phi) is 6.93. The van der Waals surface area contributed by atoms with Crippen LogP contribution in [0, 0.1) is 0 Å². The maximum absolute atomic E-state index is 5.42. The van der Waals surface area contributed by atoms with Crippen molar-refractivity contribution >= 4 is 0 Å². The van der Waals surface area contributed by atoms with Crippen LogP contribution in [0.4, 0.5) is 0 Å². The highest BCUT2D eigenvalue weighted by Gasteiger charge is 2.22. The van der Waals surface area contributed by atoms with E-state index in [1.54, 1.807) is 14.2 Å². The Bertz CT molecular complexity index is 486. The van der Waals surface area contributed by atoms with E-state index in [1.807, 2.05) is 6.07 Å². The molecule has 0 unspecified atom stereocenters. The lowest BCUT2D eigenvalue weighted by Crippen LogP contribution is -2.44. The van der Waals surface area contributed by atoms with Gasteiger partial charge in [0.05, 0.1) is 14.2 Å². The van der Waals surface area contributed by atoms with E-state index >= 15 is 0 Å². The van der Waals surface area contributed by atoms with Gasteiger partial charge in [0.15, 0.2) is 0 Å². The van der Waals surface area contributed by atoms with Crippen LogP contribution < -0.4 is 9.47 Å². The first-order valence-corrected chi connectivity index (χ1v) is 9.09. The van der Waals surface area contributed by atoms with Gasteiger partial charge in [-0.25, -0.2) is 0 Å². The summed E-state index contributed by atoms with van der Waals surface area (Å²) in [6, 6.07) is 6.22. The van der Waals surface area contributed by atoms with Gasteiger partial charge in [0.1, 0.15) is 11.5 Å². The van der Waals surface area contributed by atoms with Crippen molar-refractivity contribution < 1.29 is 9.47 Å². The van der Waals surface area contributed by atoms with Crippen LogP contribution in [0.3, 0.4) is 0 Å². The van der Waals surface area contributed by atoms with Gasteiger partial charge in [-0.3, -0.25) is 0 Å². The first-order chi connectivity index (χ1) is 11.4. The fourth-order valence-electron chi connectivity index (χ4n) is 3.32. The molecule has 1 aromatic carbocycles. The monoisotopic (exact) mass is 334 g/mol. The Balaban J connectivity index is 1.84. The molecule has 2 rings (SSSR count). The van der Waals surface area contributed by atoms with Gasteiger partial charge in [-0.1, -0.05) is 20.3 Å². The first-order valence-electron chi connectivity index (χ1n) is 9.09. The number of hydrogen-bond acceptors (Lipinski definition) is 4. The lowest BCUT2D eigenvalue weighted by atomic mass is 9.80. The molecular weight excluding hydrogens is 300 g/mol. The highest BCUT2D eigenvalue weighted by molar-refractivity contribution is 5.41. The van der Waals surface area contributed by atoms with Gasteiger partial charge in [-0.05, 0) is 49.5 Å². The number of ether oxygens (including phenoxy) is 2. The molecule has 0 saturated carbocycles. The van der Waals surface area contributed by atoms with E-state index < -0.39 is 0 Å². The number of piperazine rings is 1. The SMILES string of the molecule is COc1cc(OC)cc(C(C)(C)CCCCN2CCN(C)CC2)c1. The molecule has 0 bridgehead atoms. The van der Waals surface area contributed by atoms with E-state index in [4.69, 9.17) is 9.47 Å². The highest BCUT2D eigenvalue weighted by atomic mass is 16.5. The van der Waals surface area contributed by atoms with Crippen LogP contribution in [0.25, 0.3) is 0 Å². The molecule has 4 nitrogen and oxygen atoms in total. The minimum Gasteiger partial charge on any atom is -0.497 e.